The lowest BCUT2D eigenvalue weighted by atomic mass is 10.0. The summed E-state index contributed by atoms with van der Waals surface area (Å²) < 4.78 is 13.0. The smallest absolute Gasteiger partial charge is 0.315 e. The van der Waals surface area contributed by atoms with Gasteiger partial charge in [-0.1, -0.05) is 24.1 Å². The lowest BCUT2D eigenvalue weighted by molar-refractivity contribution is 0.159. The van der Waals surface area contributed by atoms with Gasteiger partial charge < -0.3 is 15.5 Å². The Morgan fingerprint density at radius 1 is 1.39 bits per heavy atom. The first-order valence-corrected chi connectivity index (χ1v) is 8.64. The molecule has 2 N–H and O–H groups in total. The molecule has 1 heterocycles. The van der Waals surface area contributed by atoms with Crippen LogP contribution in [0.2, 0.25) is 5.02 Å². The summed E-state index contributed by atoms with van der Waals surface area (Å²) in [6.07, 6.45) is 4.82. The van der Waals surface area contributed by atoms with Gasteiger partial charge in [-0.3, -0.25) is 0 Å². The Kier molecular flexibility index (Phi) is 7.12. The topological polar surface area (TPSA) is 44.4 Å². The third-order valence-electron chi connectivity index (χ3n) is 4.29. The Hall–Kier alpha value is -1.33. The van der Waals surface area contributed by atoms with Gasteiger partial charge in [-0.15, -0.1) is 0 Å². The number of urea groups is 1. The number of carbonyl (C=O) groups excluding carboxylic acids is 1. The molecule has 0 spiro atoms. The average Bonchev–Trinajstić information content (AvgIpc) is 2.54. The number of carbonyl (C=O) groups is 1. The zero-order chi connectivity index (χ0) is 16.7. The highest BCUT2D eigenvalue weighted by atomic mass is 35.5. The van der Waals surface area contributed by atoms with Crippen LogP contribution >= 0.6 is 11.6 Å². The second-order valence-electron chi connectivity index (χ2n) is 6.09. The monoisotopic (exact) mass is 341 g/mol. The van der Waals surface area contributed by atoms with Gasteiger partial charge >= 0.3 is 6.03 Å². The number of hydrogen-bond acceptors (Lipinski definition) is 2. The first kappa shape index (κ1) is 18.0. The van der Waals surface area contributed by atoms with Gasteiger partial charge in [0.05, 0.1) is 5.02 Å². The van der Waals surface area contributed by atoms with Crippen LogP contribution in [0, 0.1) is 5.82 Å². The SMILES string of the molecule is CC1CCCCN1CCCNC(=O)NCc1ccc(F)c(Cl)c1. The molecule has 1 aromatic rings. The second-order valence-corrected chi connectivity index (χ2v) is 6.50. The van der Waals surface area contributed by atoms with Crippen LogP contribution in [0.25, 0.3) is 0 Å². The first-order valence-electron chi connectivity index (χ1n) is 8.26. The number of amides is 2. The predicted molar refractivity (Wildman–Crippen MR) is 91.2 cm³/mol. The van der Waals surface area contributed by atoms with Gasteiger partial charge in [0, 0.05) is 25.7 Å². The van der Waals surface area contributed by atoms with Gasteiger partial charge in [-0.2, -0.15) is 0 Å². The van der Waals surface area contributed by atoms with E-state index in [4.69, 9.17) is 11.6 Å². The van der Waals surface area contributed by atoms with Gasteiger partial charge in [-0.05, 0) is 50.4 Å². The van der Waals surface area contributed by atoms with Crippen molar-refractivity contribution in [3.05, 3.63) is 34.6 Å². The van der Waals surface area contributed by atoms with Gasteiger partial charge in [0.1, 0.15) is 5.82 Å². The molecular formula is C17H25ClFN3O. The van der Waals surface area contributed by atoms with Crippen LogP contribution in [0.1, 0.15) is 38.2 Å². The summed E-state index contributed by atoms with van der Waals surface area (Å²) in [5.41, 5.74) is 0.772. The molecule has 1 unspecified atom stereocenters. The molecule has 1 saturated heterocycles. The molecule has 0 bridgehead atoms. The summed E-state index contributed by atoms with van der Waals surface area (Å²) >= 11 is 5.71. The fourth-order valence-electron chi connectivity index (χ4n) is 2.87. The molecule has 23 heavy (non-hydrogen) atoms. The average molecular weight is 342 g/mol. The van der Waals surface area contributed by atoms with Crippen LogP contribution < -0.4 is 10.6 Å². The Labute approximate surface area is 142 Å². The van der Waals surface area contributed by atoms with E-state index in [-0.39, 0.29) is 11.1 Å². The van der Waals surface area contributed by atoms with Crippen LogP contribution in [0.4, 0.5) is 9.18 Å². The molecule has 1 aromatic carbocycles. The van der Waals surface area contributed by atoms with E-state index in [1.807, 2.05) is 0 Å². The van der Waals surface area contributed by atoms with Crippen molar-refractivity contribution in [2.75, 3.05) is 19.6 Å². The Morgan fingerprint density at radius 3 is 2.96 bits per heavy atom. The second kappa shape index (κ2) is 9.08. The largest absolute Gasteiger partial charge is 0.338 e. The van der Waals surface area contributed by atoms with E-state index in [1.165, 1.54) is 37.9 Å². The molecule has 128 valence electrons. The molecule has 0 saturated carbocycles. The maximum absolute atomic E-state index is 13.0. The highest BCUT2D eigenvalue weighted by molar-refractivity contribution is 6.30. The van der Waals surface area contributed by atoms with E-state index in [9.17, 15) is 9.18 Å². The van der Waals surface area contributed by atoms with Crippen molar-refractivity contribution in [3.63, 3.8) is 0 Å². The van der Waals surface area contributed by atoms with Crippen molar-refractivity contribution in [1.82, 2.24) is 15.5 Å². The predicted octanol–water partition coefficient (Wildman–Crippen LogP) is 3.54. The number of nitrogens with one attached hydrogen (secondary N) is 2. The van der Waals surface area contributed by atoms with Crippen LogP contribution in [0.15, 0.2) is 18.2 Å². The van der Waals surface area contributed by atoms with Crippen LogP contribution in [0.5, 0.6) is 0 Å². The Morgan fingerprint density at radius 2 is 2.22 bits per heavy atom. The summed E-state index contributed by atoms with van der Waals surface area (Å²) in [5, 5.41) is 5.67. The standard InChI is InChI=1S/C17H25ClFN3O/c1-13-5-2-3-9-22(13)10-4-8-20-17(23)21-12-14-6-7-16(19)15(18)11-14/h6-7,11,13H,2-5,8-10,12H2,1H3,(H2,20,21,23). The van der Waals surface area contributed by atoms with E-state index >= 15 is 0 Å². The highest BCUT2D eigenvalue weighted by Crippen LogP contribution is 2.16. The molecule has 6 heteroatoms. The molecule has 1 aliphatic rings. The number of piperidine rings is 1. The van der Waals surface area contributed by atoms with E-state index < -0.39 is 5.82 Å². The normalized spacial score (nSPS) is 18.7. The summed E-state index contributed by atoms with van der Waals surface area (Å²) in [7, 11) is 0. The first-order chi connectivity index (χ1) is 11.1. The summed E-state index contributed by atoms with van der Waals surface area (Å²) in [4.78, 5) is 14.2. The Balaban J connectivity index is 1.60. The zero-order valence-electron chi connectivity index (χ0n) is 13.6. The number of rotatable bonds is 6. The van der Waals surface area contributed by atoms with Crippen molar-refractivity contribution in [2.24, 2.45) is 0 Å². The number of nitrogens with zero attached hydrogens (tertiary/aromatic N) is 1. The quantitative estimate of drug-likeness (QED) is 0.777. The summed E-state index contributed by atoms with van der Waals surface area (Å²) in [6, 6.07) is 4.88. The molecule has 1 atom stereocenters. The fraction of sp³-hybridized carbons (Fsp3) is 0.588. The van der Waals surface area contributed by atoms with Gasteiger partial charge in [-0.25, -0.2) is 9.18 Å². The van der Waals surface area contributed by atoms with E-state index in [2.05, 4.69) is 22.5 Å². The molecular weight excluding hydrogens is 317 g/mol. The lowest BCUT2D eigenvalue weighted by Crippen LogP contribution is -2.40. The molecule has 2 rings (SSSR count). The molecule has 0 radical (unpaired) electrons. The van der Waals surface area contributed by atoms with Crippen molar-refractivity contribution in [3.8, 4) is 0 Å². The third kappa shape index (κ3) is 5.99. The molecule has 4 nitrogen and oxygen atoms in total. The minimum Gasteiger partial charge on any atom is -0.338 e. The van der Waals surface area contributed by atoms with Gasteiger partial charge in [0.25, 0.3) is 0 Å². The number of hydrogen-bond donors (Lipinski definition) is 2. The number of likely N-dealkylation sites (tertiary alicyclic amines) is 1. The molecule has 2 amide bonds. The third-order valence-corrected chi connectivity index (χ3v) is 4.57. The van der Waals surface area contributed by atoms with Crippen LogP contribution in [-0.2, 0) is 6.54 Å². The van der Waals surface area contributed by atoms with E-state index in [0.29, 0.717) is 19.1 Å². The van der Waals surface area contributed by atoms with E-state index in [1.54, 1.807) is 6.07 Å². The minimum absolute atomic E-state index is 0.0698. The molecule has 1 aliphatic heterocycles. The summed E-state index contributed by atoms with van der Waals surface area (Å²) in [5.74, 6) is -0.452. The van der Waals surface area contributed by atoms with Crippen molar-refractivity contribution in [1.29, 1.82) is 0 Å². The minimum atomic E-state index is -0.452. The maximum Gasteiger partial charge on any atom is 0.315 e. The fourth-order valence-corrected chi connectivity index (χ4v) is 3.07. The number of benzene rings is 1. The zero-order valence-corrected chi connectivity index (χ0v) is 14.3. The van der Waals surface area contributed by atoms with Crippen molar-refractivity contribution >= 4 is 17.6 Å². The lowest BCUT2D eigenvalue weighted by Gasteiger charge is -2.33. The Bertz CT molecular complexity index is 527. The molecule has 0 aliphatic carbocycles. The highest BCUT2D eigenvalue weighted by Gasteiger charge is 2.17. The van der Waals surface area contributed by atoms with Crippen LogP contribution in [0.3, 0.4) is 0 Å². The van der Waals surface area contributed by atoms with E-state index in [0.717, 1.165) is 18.5 Å². The number of halogens is 2. The van der Waals surface area contributed by atoms with Crippen LogP contribution in [-0.4, -0.2) is 36.6 Å². The van der Waals surface area contributed by atoms with Crippen molar-refractivity contribution < 1.29 is 9.18 Å². The maximum atomic E-state index is 13.0. The van der Waals surface area contributed by atoms with Gasteiger partial charge in [0.2, 0.25) is 0 Å². The molecule has 1 fully saturated rings. The molecule has 0 aromatic heterocycles. The van der Waals surface area contributed by atoms with Crippen molar-refractivity contribution in [2.45, 2.75) is 45.2 Å². The van der Waals surface area contributed by atoms with Gasteiger partial charge in [0.15, 0.2) is 0 Å². The summed E-state index contributed by atoms with van der Waals surface area (Å²) in [6.45, 7) is 5.44.